The highest BCUT2D eigenvalue weighted by molar-refractivity contribution is 5.74. The SMILES string of the molecule is CC(C)(C)OC(=O)[C@@H]1CCCc2nn(Cc3cnc(C(F)(F)F)cn3)c(=O)n21. The van der Waals surface area contributed by atoms with Crippen molar-refractivity contribution < 1.29 is 22.7 Å². The molecule has 11 heteroatoms. The molecule has 152 valence electrons. The highest BCUT2D eigenvalue weighted by Crippen LogP contribution is 2.27. The summed E-state index contributed by atoms with van der Waals surface area (Å²) in [5.41, 5.74) is -2.19. The second-order valence-corrected chi connectivity index (χ2v) is 7.56. The molecule has 0 amide bonds. The molecular formula is C17H20F3N5O3. The van der Waals surface area contributed by atoms with Gasteiger partial charge in [0.15, 0.2) is 5.69 Å². The van der Waals surface area contributed by atoms with Crippen molar-refractivity contribution in [3.63, 3.8) is 0 Å². The van der Waals surface area contributed by atoms with E-state index in [4.69, 9.17) is 4.74 Å². The van der Waals surface area contributed by atoms with Gasteiger partial charge in [-0.2, -0.15) is 18.3 Å². The zero-order valence-electron chi connectivity index (χ0n) is 15.7. The lowest BCUT2D eigenvalue weighted by atomic mass is 10.0. The van der Waals surface area contributed by atoms with Crippen LogP contribution in [-0.2, 0) is 28.7 Å². The van der Waals surface area contributed by atoms with E-state index < -0.39 is 35.2 Å². The van der Waals surface area contributed by atoms with Gasteiger partial charge in [-0.15, -0.1) is 0 Å². The van der Waals surface area contributed by atoms with Crippen molar-refractivity contribution in [2.24, 2.45) is 0 Å². The Labute approximate surface area is 158 Å². The first-order valence-electron chi connectivity index (χ1n) is 8.75. The standard InChI is InChI=1S/C17H20F3N5O3/c1-16(2,3)28-14(26)11-5-4-6-13-23-24(15(27)25(11)13)9-10-7-22-12(8-21-10)17(18,19)20/h7-8,11H,4-6,9H2,1-3H3/t11-/m0/s1. The summed E-state index contributed by atoms with van der Waals surface area (Å²) in [7, 11) is 0. The van der Waals surface area contributed by atoms with Gasteiger partial charge in [-0.3, -0.25) is 9.55 Å². The molecule has 0 saturated heterocycles. The predicted octanol–water partition coefficient (Wildman–Crippen LogP) is 2.12. The fraction of sp³-hybridized carbons (Fsp3) is 0.588. The van der Waals surface area contributed by atoms with Crippen LogP contribution in [0.3, 0.4) is 0 Å². The number of ether oxygens (including phenoxy) is 1. The fourth-order valence-electron chi connectivity index (χ4n) is 2.96. The molecule has 0 spiro atoms. The summed E-state index contributed by atoms with van der Waals surface area (Å²) in [4.78, 5) is 32.3. The van der Waals surface area contributed by atoms with E-state index >= 15 is 0 Å². The quantitative estimate of drug-likeness (QED) is 0.735. The molecule has 0 aliphatic carbocycles. The van der Waals surface area contributed by atoms with E-state index in [2.05, 4.69) is 15.1 Å². The molecule has 3 rings (SSSR count). The Bertz CT molecular complexity index is 925. The van der Waals surface area contributed by atoms with E-state index in [1.54, 1.807) is 20.8 Å². The number of hydrogen-bond donors (Lipinski definition) is 0. The van der Waals surface area contributed by atoms with Gasteiger partial charge in [0, 0.05) is 6.42 Å². The van der Waals surface area contributed by atoms with Crippen molar-refractivity contribution in [2.45, 2.75) is 64.4 Å². The van der Waals surface area contributed by atoms with Crippen LogP contribution in [0.15, 0.2) is 17.2 Å². The Balaban J connectivity index is 1.86. The number of aryl methyl sites for hydroxylation is 1. The predicted molar refractivity (Wildman–Crippen MR) is 90.4 cm³/mol. The van der Waals surface area contributed by atoms with Crippen LogP contribution in [0, 0.1) is 0 Å². The number of aromatic nitrogens is 5. The molecular weight excluding hydrogens is 379 g/mol. The lowest BCUT2D eigenvalue weighted by Gasteiger charge is -2.26. The number of carbonyl (C=O) groups excluding carboxylic acids is 1. The minimum absolute atomic E-state index is 0.148. The van der Waals surface area contributed by atoms with Crippen LogP contribution in [-0.4, -0.2) is 35.9 Å². The Morgan fingerprint density at radius 1 is 1.25 bits per heavy atom. The summed E-state index contributed by atoms with van der Waals surface area (Å²) < 4.78 is 45.5. The molecule has 1 atom stereocenters. The van der Waals surface area contributed by atoms with E-state index in [9.17, 15) is 22.8 Å². The van der Waals surface area contributed by atoms with Crippen LogP contribution in [0.4, 0.5) is 13.2 Å². The van der Waals surface area contributed by atoms with E-state index in [1.807, 2.05) is 0 Å². The smallest absolute Gasteiger partial charge is 0.434 e. The number of hydrogen-bond acceptors (Lipinski definition) is 6. The lowest BCUT2D eigenvalue weighted by molar-refractivity contribution is -0.159. The second kappa shape index (κ2) is 7.02. The van der Waals surface area contributed by atoms with Gasteiger partial charge in [0.25, 0.3) is 0 Å². The van der Waals surface area contributed by atoms with Gasteiger partial charge in [-0.25, -0.2) is 19.3 Å². The largest absolute Gasteiger partial charge is 0.458 e. The van der Waals surface area contributed by atoms with E-state index in [0.29, 0.717) is 31.3 Å². The maximum absolute atomic E-state index is 12.8. The molecule has 8 nitrogen and oxygen atoms in total. The number of fused-ring (bicyclic) bond motifs is 1. The summed E-state index contributed by atoms with van der Waals surface area (Å²) in [6.45, 7) is 5.07. The number of rotatable bonds is 3. The molecule has 3 heterocycles. The highest BCUT2D eigenvalue weighted by atomic mass is 19.4. The third kappa shape index (κ3) is 4.23. The Kier molecular flexibility index (Phi) is 5.02. The van der Waals surface area contributed by atoms with Gasteiger partial charge in [0.1, 0.15) is 17.5 Å². The summed E-state index contributed by atoms with van der Waals surface area (Å²) in [5.74, 6) is -0.0728. The monoisotopic (exact) mass is 399 g/mol. The maximum atomic E-state index is 12.8. The molecule has 1 aliphatic rings. The van der Waals surface area contributed by atoms with Crippen molar-refractivity contribution in [3.05, 3.63) is 40.1 Å². The minimum Gasteiger partial charge on any atom is -0.458 e. The number of carbonyl (C=O) groups is 1. The molecule has 2 aromatic rings. The molecule has 1 aliphatic heterocycles. The van der Waals surface area contributed by atoms with Crippen molar-refractivity contribution >= 4 is 5.97 Å². The lowest BCUT2D eigenvalue weighted by Crippen LogP contribution is -2.38. The molecule has 0 fully saturated rings. The molecule has 0 unspecified atom stereocenters. The number of nitrogens with zero attached hydrogens (tertiary/aromatic N) is 5. The molecule has 0 radical (unpaired) electrons. The maximum Gasteiger partial charge on any atom is 0.434 e. The minimum atomic E-state index is -4.59. The van der Waals surface area contributed by atoms with Crippen molar-refractivity contribution in [3.8, 4) is 0 Å². The number of esters is 1. The van der Waals surface area contributed by atoms with Crippen LogP contribution < -0.4 is 5.69 Å². The number of alkyl halides is 3. The van der Waals surface area contributed by atoms with Gasteiger partial charge in [-0.1, -0.05) is 0 Å². The summed E-state index contributed by atoms with van der Waals surface area (Å²) in [6, 6.07) is -0.775. The van der Waals surface area contributed by atoms with Gasteiger partial charge < -0.3 is 4.74 Å². The summed E-state index contributed by atoms with van der Waals surface area (Å²) in [6.07, 6.45) is -1.39. The van der Waals surface area contributed by atoms with Crippen LogP contribution in [0.1, 0.15) is 56.9 Å². The topological polar surface area (TPSA) is 91.9 Å². The summed E-state index contributed by atoms with van der Waals surface area (Å²) >= 11 is 0. The third-order valence-corrected chi connectivity index (χ3v) is 4.12. The van der Waals surface area contributed by atoms with Crippen LogP contribution in [0.5, 0.6) is 0 Å². The normalized spacial score (nSPS) is 17.3. The molecule has 0 aromatic carbocycles. The summed E-state index contributed by atoms with van der Waals surface area (Å²) in [5, 5.41) is 4.22. The third-order valence-electron chi connectivity index (χ3n) is 4.12. The molecule has 0 saturated carbocycles. The van der Waals surface area contributed by atoms with Crippen molar-refractivity contribution in [2.75, 3.05) is 0 Å². The van der Waals surface area contributed by atoms with Crippen molar-refractivity contribution in [1.82, 2.24) is 24.3 Å². The van der Waals surface area contributed by atoms with Gasteiger partial charge in [0.2, 0.25) is 0 Å². The van der Waals surface area contributed by atoms with Crippen LogP contribution >= 0.6 is 0 Å². The zero-order chi connectivity index (χ0) is 20.7. The zero-order valence-corrected chi connectivity index (χ0v) is 15.7. The van der Waals surface area contributed by atoms with Gasteiger partial charge >= 0.3 is 17.8 Å². The first-order valence-corrected chi connectivity index (χ1v) is 8.75. The average molecular weight is 399 g/mol. The first-order chi connectivity index (χ1) is 13.0. The second-order valence-electron chi connectivity index (χ2n) is 7.56. The fourth-order valence-corrected chi connectivity index (χ4v) is 2.96. The van der Waals surface area contributed by atoms with Crippen LogP contribution in [0.2, 0.25) is 0 Å². The highest BCUT2D eigenvalue weighted by Gasteiger charge is 2.34. The number of halogens is 3. The molecule has 0 N–H and O–H groups in total. The van der Waals surface area contributed by atoms with Crippen molar-refractivity contribution in [1.29, 1.82) is 0 Å². The van der Waals surface area contributed by atoms with Gasteiger partial charge in [0.05, 0.1) is 24.6 Å². The Morgan fingerprint density at radius 3 is 2.54 bits per heavy atom. The van der Waals surface area contributed by atoms with E-state index in [0.717, 1.165) is 10.9 Å². The molecule has 28 heavy (non-hydrogen) atoms. The van der Waals surface area contributed by atoms with E-state index in [-0.39, 0.29) is 12.2 Å². The average Bonchev–Trinajstić information content (AvgIpc) is 2.89. The molecule has 2 aromatic heterocycles. The first kappa shape index (κ1) is 20.0. The molecule has 0 bridgehead atoms. The van der Waals surface area contributed by atoms with Crippen LogP contribution in [0.25, 0.3) is 0 Å². The Hall–Kier alpha value is -2.72. The van der Waals surface area contributed by atoms with E-state index in [1.165, 1.54) is 4.57 Å². The Morgan fingerprint density at radius 2 is 1.96 bits per heavy atom. The van der Waals surface area contributed by atoms with Gasteiger partial charge in [-0.05, 0) is 33.6 Å².